The number of carbonyl (C=O) groups is 2. The Morgan fingerprint density at radius 3 is 2.45 bits per heavy atom. The van der Waals surface area contributed by atoms with E-state index in [1.165, 1.54) is 12.2 Å². The van der Waals surface area contributed by atoms with E-state index in [4.69, 9.17) is 18.9 Å². The Bertz CT molecular complexity index is 1060. The first-order valence-electron chi connectivity index (χ1n) is 10.7. The first-order chi connectivity index (χ1) is 16.0. The number of esters is 2. The van der Waals surface area contributed by atoms with Crippen LogP contribution in [0, 0.1) is 11.3 Å². The molecule has 0 aromatic heterocycles. The third-order valence-corrected chi connectivity index (χ3v) is 4.18. The number of rotatable bonds is 11. The number of hydrogen-bond donors (Lipinski definition) is 0. The molecule has 0 atom stereocenters. The molecule has 0 saturated carbocycles. The molecule has 0 spiro atoms. The van der Waals surface area contributed by atoms with Crippen LogP contribution in [0.15, 0.2) is 54.1 Å². The van der Waals surface area contributed by atoms with E-state index in [1.807, 2.05) is 37.3 Å². The summed E-state index contributed by atoms with van der Waals surface area (Å²) in [6.45, 7) is 6.55. The Kier molecular flexibility index (Phi) is 10.2. The van der Waals surface area contributed by atoms with Gasteiger partial charge in [0.25, 0.3) is 0 Å². The lowest BCUT2D eigenvalue weighted by Gasteiger charge is -2.11. The summed E-state index contributed by atoms with van der Waals surface area (Å²) in [5.41, 5.74) is 1.15. The quantitative estimate of drug-likeness (QED) is 0.207. The maximum absolute atomic E-state index is 12.4. The highest BCUT2D eigenvalue weighted by Crippen LogP contribution is 2.30. The van der Waals surface area contributed by atoms with Crippen LogP contribution in [0.4, 0.5) is 0 Å². The summed E-state index contributed by atoms with van der Waals surface area (Å²) in [7, 11) is 0. The van der Waals surface area contributed by atoms with Crippen molar-refractivity contribution in [1.29, 1.82) is 5.26 Å². The van der Waals surface area contributed by atoms with Crippen LogP contribution < -0.4 is 14.2 Å². The number of hydrogen-bond acceptors (Lipinski definition) is 7. The molecule has 0 fully saturated rings. The Hall–Kier alpha value is -4.05. The van der Waals surface area contributed by atoms with Gasteiger partial charge in [0.15, 0.2) is 11.5 Å². The average Bonchev–Trinajstić information content (AvgIpc) is 2.82. The van der Waals surface area contributed by atoms with Gasteiger partial charge in [-0.1, -0.05) is 31.2 Å². The van der Waals surface area contributed by atoms with Crippen molar-refractivity contribution >= 4 is 24.1 Å². The van der Waals surface area contributed by atoms with Crippen LogP contribution in [0.1, 0.15) is 38.3 Å². The van der Waals surface area contributed by atoms with Crippen LogP contribution in [-0.2, 0) is 14.3 Å². The Morgan fingerprint density at radius 2 is 1.76 bits per heavy atom. The molecule has 0 radical (unpaired) electrons. The molecule has 0 amide bonds. The standard InChI is InChI=1S/C26H27NO6/c1-4-15-32-22-10-8-7-9-20(22)12-14-25(28)33-23-13-11-19(17-24(23)30-5-2)16-21(18-27)26(29)31-6-3/h7-14,16-17H,4-6,15H2,1-3H3/b14-12+,21-16+. The van der Waals surface area contributed by atoms with Crippen molar-refractivity contribution in [2.24, 2.45) is 0 Å². The van der Waals surface area contributed by atoms with Crippen molar-refractivity contribution in [3.63, 3.8) is 0 Å². The van der Waals surface area contributed by atoms with E-state index in [1.54, 1.807) is 38.1 Å². The smallest absolute Gasteiger partial charge is 0.348 e. The van der Waals surface area contributed by atoms with E-state index in [2.05, 4.69) is 0 Å². The van der Waals surface area contributed by atoms with Gasteiger partial charge in [0.2, 0.25) is 0 Å². The molecule has 0 bridgehead atoms. The second-order valence-corrected chi connectivity index (χ2v) is 6.67. The second kappa shape index (κ2) is 13.4. The summed E-state index contributed by atoms with van der Waals surface area (Å²) in [4.78, 5) is 24.3. The van der Waals surface area contributed by atoms with Gasteiger partial charge in [0.1, 0.15) is 17.4 Å². The van der Waals surface area contributed by atoms with Crippen molar-refractivity contribution in [3.05, 3.63) is 65.2 Å². The summed E-state index contributed by atoms with van der Waals surface area (Å²) < 4.78 is 21.6. The molecule has 0 aliphatic heterocycles. The van der Waals surface area contributed by atoms with Gasteiger partial charge in [0, 0.05) is 11.6 Å². The molecule has 0 N–H and O–H groups in total. The molecule has 2 rings (SSSR count). The summed E-state index contributed by atoms with van der Waals surface area (Å²) in [6.07, 6.45) is 5.20. The topological polar surface area (TPSA) is 94.9 Å². The van der Waals surface area contributed by atoms with E-state index in [9.17, 15) is 14.9 Å². The van der Waals surface area contributed by atoms with Crippen molar-refractivity contribution in [2.45, 2.75) is 27.2 Å². The van der Waals surface area contributed by atoms with Gasteiger partial charge in [-0.2, -0.15) is 5.26 Å². The summed E-state index contributed by atoms with van der Waals surface area (Å²) in [5.74, 6) is -0.0883. The zero-order valence-electron chi connectivity index (χ0n) is 19.0. The van der Waals surface area contributed by atoms with Crippen molar-refractivity contribution < 1.29 is 28.5 Å². The molecule has 0 heterocycles. The zero-order chi connectivity index (χ0) is 24.1. The lowest BCUT2D eigenvalue weighted by Crippen LogP contribution is -2.07. The van der Waals surface area contributed by atoms with Crippen molar-refractivity contribution in [1.82, 2.24) is 0 Å². The Labute approximate surface area is 193 Å². The minimum absolute atomic E-state index is 0.143. The highest BCUT2D eigenvalue weighted by molar-refractivity contribution is 5.98. The fourth-order valence-corrected chi connectivity index (χ4v) is 2.74. The molecule has 0 aliphatic carbocycles. The van der Waals surface area contributed by atoms with Gasteiger partial charge in [-0.05, 0) is 56.2 Å². The van der Waals surface area contributed by atoms with E-state index < -0.39 is 11.9 Å². The van der Waals surface area contributed by atoms with Crippen molar-refractivity contribution in [3.8, 4) is 23.3 Å². The van der Waals surface area contributed by atoms with E-state index in [0.717, 1.165) is 12.0 Å². The maximum atomic E-state index is 12.4. The fraction of sp³-hybridized carbons (Fsp3) is 0.269. The predicted molar refractivity (Wildman–Crippen MR) is 125 cm³/mol. The van der Waals surface area contributed by atoms with Gasteiger partial charge < -0.3 is 18.9 Å². The number of benzene rings is 2. The molecule has 2 aromatic rings. The first-order valence-corrected chi connectivity index (χ1v) is 10.7. The molecule has 7 heteroatoms. The molecule has 172 valence electrons. The van der Waals surface area contributed by atoms with Gasteiger partial charge in [-0.25, -0.2) is 9.59 Å². The maximum Gasteiger partial charge on any atom is 0.348 e. The number of carbonyl (C=O) groups excluding carboxylic acids is 2. The number of nitriles is 1. The fourth-order valence-electron chi connectivity index (χ4n) is 2.74. The minimum atomic E-state index is -0.707. The highest BCUT2D eigenvalue weighted by atomic mass is 16.6. The van der Waals surface area contributed by atoms with Gasteiger partial charge >= 0.3 is 11.9 Å². The lowest BCUT2D eigenvalue weighted by molar-refractivity contribution is -0.138. The molecule has 0 saturated heterocycles. The van der Waals surface area contributed by atoms with Gasteiger partial charge in [-0.3, -0.25) is 0 Å². The van der Waals surface area contributed by atoms with Crippen LogP contribution in [0.2, 0.25) is 0 Å². The monoisotopic (exact) mass is 449 g/mol. The molecule has 7 nitrogen and oxygen atoms in total. The van der Waals surface area contributed by atoms with Crippen LogP contribution in [0.25, 0.3) is 12.2 Å². The van der Waals surface area contributed by atoms with Crippen LogP contribution >= 0.6 is 0 Å². The molecule has 33 heavy (non-hydrogen) atoms. The molecule has 0 unspecified atom stereocenters. The molecule has 0 aliphatic rings. The van der Waals surface area contributed by atoms with Crippen LogP contribution in [-0.4, -0.2) is 31.8 Å². The number of ether oxygens (including phenoxy) is 4. The van der Waals surface area contributed by atoms with E-state index in [-0.39, 0.29) is 17.9 Å². The van der Waals surface area contributed by atoms with Crippen LogP contribution in [0.5, 0.6) is 17.2 Å². The summed E-state index contributed by atoms with van der Waals surface area (Å²) in [6, 6.07) is 14.0. The summed E-state index contributed by atoms with van der Waals surface area (Å²) in [5, 5.41) is 9.21. The third-order valence-electron chi connectivity index (χ3n) is 4.18. The highest BCUT2D eigenvalue weighted by Gasteiger charge is 2.13. The third kappa shape index (κ3) is 7.86. The summed E-state index contributed by atoms with van der Waals surface area (Å²) >= 11 is 0. The Morgan fingerprint density at radius 1 is 0.970 bits per heavy atom. The average molecular weight is 450 g/mol. The molecular formula is C26H27NO6. The van der Waals surface area contributed by atoms with Crippen LogP contribution in [0.3, 0.4) is 0 Å². The Balaban J connectivity index is 2.20. The predicted octanol–water partition coefficient (Wildman–Crippen LogP) is 4.96. The van der Waals surface area contributed by atoms with E-state index in [0.29, 0.717) is 30.3 Å². The van der Waals surface area contributed by atoms with Gasteiger partial charge in [-0.15, -0.1) is 0 Å². The molecular weight excluding hydrogens is 422 g/mol. The molecule has 2 aromatic carbocycles. The number of para-hydroxylation sites is 1. The second-order valence-electron chi connectivity index (χ2n) is 6.67. The number of nitrogens with zero attached hydrogens (tertiary/aromatic N) is 1. The largest absolute Gasteiger partial charge is 0.493 e. The minimum Gasteiger partial charge on any atom is -0.493 e. The SMILES string of the molecule is CCCOc1ccccc1/C=C/C(=O)Oc1ccc(/C=C(\C#N)C(=O)OCC)cc1OCC. The van der Waals surface area contributed by atoms with Crippen molar-refractivity contribution in [2.75, 3.05) is 19.8 Å². The first kappa shape index (κ1) is 25.2. The lowest BCUT2D eigenvalue weighted by atomic mass is 10.1. The zero-order valence-corrected chi connectivity index (χ0v) is 19.0. The normalized spacial score (nSPS) is 11.0. The van der Waals surface area contributed by atoms with Gasteiger partial charge in [0.05, 0.1) is 19.8 Å². The van der Waals surface area contributed by atoms with E-state index >= 15 is 0 Å².